The fraction of sp³-hybridized carbons (Fsp3) is 0.316. The van der Waals surface area contributed by atoms with E-state index in [0.29, 0.717) is 42.5 Å². The highest BCUT2D eigenvalue weighted by Gasteiger charge is 2.27. The van der Waals surface area contributed by atoms with E-state index in [1.165, 1.54) is 0 Å². The van der Waals surface area contributed by atoms with E-state index >= 15 is 0 Å². The largest absolute Gasteiger partial charge is 0.489 e. The van der Waals surface area contributed by atoms with Crippen molar-refractivity contribution in [3.8, 4) is 17.2 Å². The second-order valence-corrected chi connectivity index (χ2v) is 6.34. The number of carbonyl (C=O) groups excluding carboxylic acids is 1. The number of amides is 1. The number of ether oxygens (including phenoxy) is 3. The predicted molar refractivity (Wildman–Crippen MR) is 102 cm³/mol. The van der Waals surface area contributed by atoms with Gasteiger partial charge in [0, 0.05) is 18.3 Å². The monoisotopic (exact) mass is 392 g/mol. The lowest BCUT2D eigenvalue weighted by molar-refractivity contribution is -0.117. The van der Waals surface area contributed by atoms with E-state index in [2.05, 4.69) is 10.6 Å². The summed E-state index contributed by atoms with van der Waals surface area (Å²) in [6, 6.07) is 12.6. The van der Waals surface area contributed by atoms with Crippen LogP contribution in [0.25, 0.3) is 0 Å². The van der Waals surface area contributed by atoms with Gasteiger partial charge >= 0.3 is 0 Å². The molecule has 0 spiro atoms. The molecule has 2 aliphatic rings. The maximum Gasteiger partial charge on any atom is 0.241 e. The highest BCUT2D eigenvalue weighted by molar-refractivity contribution is 5.95. The van der Waals surface area contributed by atoms with E-state index in [0.717, 1.165) is 5.56 Å². The van der Waals surface area contributed by atoms with Gasteiger partial charge in [-0.3, -0.25) is 4.79 Å². The van der Waals surface area contributed by atoms with Crippen molar-refractivity contribution in [2.75, 3.05) is 18.7 Å². The second kappa shape index (κ2) is 8.47. The molecule has 0 aliphatic carbocycles. The van der Waals surface area contributed by atoms with Crippen LogP contribution in [0.3, 0.4) is 0 Å². The first-order valence-electron chi connectivity index (χ1n) is 8.51. The highest BCUT2D eigenvalue weighted by Crippen LogP contribution is 2.35. The number of aliphatic hydroxyl groups excluding tert-OH is 1. The fourth-order valence-electron chi connectivity index (χ4n) is 3.02. The quantitative estimate of drug-likeness (QED) is 0.722. The van der Waals surface area contributed by atoms with Crippen LogP contribution in [-0.2, 0) is 11.4 Å². The van der Waals surface area contributed by atoms with E-state index in [-0.39, 0.29) is 31.1 Å². The average Bonchev–Trinajstić information content (AvgIpc) is 3.28. The minimum Gasteiger partial charge on any atom is -0.489 e. The first-order valence-corrected chi connectivity index (χ1v) is 8.51. The number of anilines is 1. The standard InChI is InChI=1S/C19H20N2O5.ClH/c22-14-7-16(20-9-14)19(23)21-13-3-1-2-12(6-13)10-24-15-4-5-17-18(8-15)26-11-25-17;/h1-6,8,14,16,20,22H,7,9-11H2,(H,21,23);1H. The van der Waals surface area contributed by atoms with E-state index in [1.807, 2.05) is 36.4 Å². The zero-order valence-electron chi connectivity index (χ0n) is 14.5. The minimum absolute atomic E-state index is 0. The Morgan fingerprint density at radius 1 is 1.22 bits per heavy atom. The van der Waals surface area contributed by atoms with E-state index in [9.17, 15) is 9.90 Å². The molecule has 4 rings (SSSR count). The lowest BCUT2D eigenvalue weighted by Crippen LogP contribution is -2.35. The summed E-state index contributed by atoms with van der Waals surface area (Å²) in [6.07, 6.45) is -0.0363. The molecule has 2 aromatic rings. The average molecular weight is 393 g/mol. The highest BCUT2D eigenvalue weighted by atomic mass is 35.5. The third kappa shape index (κ3) is 4.63. The first kappa shape index (κ1) is 19.3. The van der Waals surface area contributed by atoms with Gasteiger partial charge in [0.15, 0.2) is 11.5 Å². The molecule has 3 N–H and O–H groups in total. The SMILES string of the molecule is Cl.O=C(Nc1cccc(COc2ccc3c(c2)OCO3)c1)C1CC(O)CN1. The summed E-state index contributed by atoms with van der Waals surface area (Å²) in [5.41, 5.74) is 1.63. The van der Waals surface area contributed by atoms with E-state index in [4.69, 9.17) is 14.2 Å². The molecule has 2 atom stereocenters. The molecule has 0 aromatic heterocycles. The van der Waals surface area contributed by atoms with Crippen LogP contribution in [0, 0.1) is 0 Å². The number of fused-ring (bicyclic) bond motifs is 1. The van der Waals surface area contributed by atoms with Crippen molar-refractivity contribution >= 4 is 24.0 Å². The number of benzene rings is 2. The number of carbonyl (C=O) groups is 1. The number of hydrogen-bond acceptors (Lipinski definition) is 6. The van der Waals surface area contributed by atoms with Gasteiger partial charge in [0.2, 0.25) is 12.7 Å². The summed E-state index contributed by atoms with van der Waals surface area (Å²) in [6.45, 7) is 1.04. The normalized spacial score (nSPS) is 20.0. The summed E-state index contributed by atoms with van der Waals surface area (Å²) in [5.74, 6) is 1.94. The maximum absolute atomic E-state index is 12.2. The van der Waals surface area contributed by atoms with Gasteiger partial charge in [0.1, 0.15) is 12.4 Å². The van der Waals surface area contributed by atoms with Crippen LogP contribution in [0.2, 0.25) is 0 Å². The van der Waals surface area contributed by atoms with Crippen molar-refractivity contribution in [2.24, 2.45) is 0 Å². The molecule has 2 aliphatic heterocycles. The number of halogens is 1. The van der Waals surface area contributed by atoms with Crippen molar-refractivity contribution in [3.05, 3.63) is 48.0 Å². The van der Waals surface area contributed by atoms with Crippen molar-refractivity contribution in [2.45, 2.75) is 25.2 Å². The number of aliphatic hydroxyl groups is 1. The topological polar surface area (TPSA) is 89.1 Å². The van der Waals surface area contributed by atoms with Crippen molar-refractivity contribution in [1.82, 2.24) is 5.32 Å². The van der Waals surface area contributed by atoms with Crippen molar-refractivity contribution < 1.29 is 24.1 Å². The number of β-amino-alcohol motifs (C(OH)–C–C–N with tert-alkyl or cyclic N) is 1. The molecule has 0 radical (unpaired) electrons. The van der Waals surface area contributed by atoms with Gasteiger partial charge in [-0.15, -0.1) is 12.4 Å². The van der Waals surface area contributed by atoms with Crippen molar-refractivity contribution in [1.29, 1.82) is 0 Å². The lowest BCUT2D eigenvalue weighted by atomic mass is 10.1. The van der Waals surface area contributed by atoms with Gasteiger partial charge in [-0.2, -0.15) is 0 Å². The molecule has 7 nitrogen and oxygen atoms in total. The Balaban J connectivity index is 0.00000210. The van der Waals surface area contributed by atoms with Gasteiger partial charge in [-0.1, -0.05) is 12.1 Å². The van der Waals surface area contributed by atoms with E-state index in [1.54, 1.807) is 6.07 Å². The fourth-order valence-corrected chi connectivity index (χ4v) is 3.02. The van der Waals surface area contributed by atoms with Crippen molar-refractivity contribution in [3.63, 3.8) is 0 Å². The Labute approximate surface area is 163 Å². The summed E-state index contributed by atoms with van der Waals surface area (Å²) in [4.78, 5) is 12.2. The predicted octanol–water partition coefficient (Wildman–Crippen LogP) is 2.08. The Kier molecular flexibility index (Phi) is 6.05. The van der Waals surface area contributed by atoms with Crippen LogP contribution in [0.4, 0.5) is 5.69 Å². The number of hydrogen-bond donors (Lipinski definition) is 3. The first-order chi connectivity index (χ1) is 12.7. The van der Waals surface area contributed by atoms with Gasteiger partial charge in [-0.25, -0.2) is 0 Å². The third-order valence-corrected chi connectivity index (χ3v) is 4.37. The molecule has 0 saturated carbocycles. The van der Waals surface area contributed by atoms with Gasteiger partial charge in [0.05, 0.1) is 12.1 Å². The molecular weight excluding hydrogens is 372 g/mol. The molecule has 27 heavy (non-hydrogen) atoms. The van der Waals surface area contributed by atoms with E-state index < -0.39 is 6.10 Å². The molecule has 2 heterocycles. The van der Waals surface area contributed by atoms with Gasteiger partial charge in [-0.05, 0) is 36.2 Å². The molecule has 144 valence electrons. The Bertz CT molecular complexity index is 816. The van der Waals surface area contributed by atoms with Gasteiger partial charge in [0.25, 0.3) is 0 Å². The molecular formula is C19H21ClN2O5. The minimum atomic E-state index is -0.466. The summed E-state index contributed by atoms with van der Waals surface area (Å²) in [7, 11) is 0. The molecule has 1 fully saturated rings. The Morgan fingerprint density at radius 2 is 2.07 bits per heavy atom. The lowest BCUT2D eigenvalue weighted by Gasteiger charge is -2.12. The smallest absolute Gasteiger partial charge is 0.241 e. The Morgan fingerprint density at radius 3 is 2.89 bits per heavy atom. The van der Waals surface area contributed by atoms with Crippen LogP contribution in [0.1, 0.15) is 12.0 Å². The number of nitrogens with one attached hydrogen (secondary N) is 2. The van der Waals surface area contributed by atoms with Crippen LogP contribution in [0.15, 0.2) is 42.5 Å². The molecule has 2 aromatic carbocycles. The molecule has 1 amide bonds. The second-order valence-electron chi connectivity index (χ2n) is 6.34. The van der Waals surface area contributed by atoms with Crippen LogP contribution in [-0.4, -0.2) is 36.5 Å². The molecule has 8 heteroatoms. The zero-order chi connectivity index (χ0) is 17.9. The van der Waals surface area contributed by atoms with Crippen LogP contribution >= 0.6 is 12.4 Å². The zero-order valence-corrected chi connectivity index (χ0v) is 15.3. The van der Waals surface area contributed by atoms with Crippen LogP contribution in [0.5, 0.6) is 17.2 Å². The number of rotatable bonds is 5. The molecule has 1 saturated heterocycles. The summed E-state index contributed by atoms with van der Waals surface area (Å²) in [5, 5.41) is 15.4. The maximum atomic E-state index is 12.2. The van der Waals surface area contributed by atoms with Gasteiger partial charge < -0.3 is 30.0 Å². The summed E-state index contributed by atoms with van der Waals surface area (Å²) >= 11 is 0. The molecule has 2 unspecified atom stereocenters. The summed E-state index contributed by atoms with van der Waals surface area (Å²) < 4.78 is 16.4. The third-order valence-electron chi connectivity index (χ3n) is 4.37. The molecule has 0 bridgehead atoms. The Hall–Kier alpha value is -2.48. The van der Waals surface area contributed by atoms with Crippen LogP contribution < -0.4 is 24.8 Å².